The zero-order valence-electron chi connectivity index (χ0n) is 14.4. The summed E-state index contributed by atoms with van der Waals surface area (Å²) >= 11 is 0. The first-order valence-corrected chi connectivity index (χ1v) is 8.03. The Kier molecular flexibility index (Phi) is 5.29. The maximum absolute atomic E-state index is 12.6. The lowest BCUT2D eigenvalue weighted by Gasteiger charge is -2.46. The van der Waals surface area contributed by atoms with Crippen LogP contribution in [0.1, 0.15) is 61.3 Å². The Labute approximate surface area is 125 Å². The maximum atomic E-state index is 12.6. The lowest BCUT2D eigenvalue weighted by Crippen LogP contribution is -2.52. The van der Waals surface area contributed by atoms with Crippen molar-refractivity contribution in [2.45, 2.75) is 67.3 Å². The summed E-state index contributed by atoms with van der Waals surface area (Å²) in [6, 6.07) is 0.223. The quantitative estimate of drug-likeness (QED) is 0.832. The second kappa shape index (κ2) is 6.05. The summed E-state index contributed by atoms with van der Waals surface area (Å²) in [5.74, 6) is 1.22. The second-order valence-corrected chi connectivity index (χ2v) is 8.26. The van der Waals surface area contributed by atoms with Crippen LogP contribution in [0.25, 0.3) is 0 Å². The van der Waals surface area contributed by atoms with Gasteiger partial charge in [-0.2, -0.15) is 0 Å². The highest BCUT2D eigenvalue weighted by Gasteiger charge is 2.45. The zero-order chi connectivity index (χ0) is 15.7. The van der Waals surface area contributed by atoms with Crippen LogP contribution in [0.2, 0.25) is 0 Å². The summed E-state index contributed by atoms with van der Waals surface area (Å²) in [5, 5.41) is 3.19. The van der Waals surface area contributed by atoms with Crippen LogP contribution in [-0.2, 0) is 4.79 Å². The van der Waals surface area contributed by atoms with Crippen LogP contribution in [0.15, 0.2) is 0 Å². The molecule has 1 saturated carbocycles. The standard InChI is InChI=1S/C17H34N2O/c1-11(2)16(4,5)10-19-15(20)13-8-9-14(18)12(3)17(13,6)7/h11-14H,8-10,18H2,1-7H3,(H,19,20). The molecule has 0 bridgehead atoms. The monoisotopic (exact) mass is 282 g/mol. The SMILES string of the molecule is CC(C)C(C)(C)CNC(=O)C1CCC(N)C(C)C1(C)C. The molecule has 3 atom stereocenters. The molecule has 3 N–H and O–H groups in total. The van der Waals surface area contributed by atoms with Gasteiger partial charge in [0.15, 0.2) is 0 Å². The van der Waals surface area contributed by atoms with Crippen LogP contribution in [0.4, 0.5) is 0 Å². The molecule has 3 unspecified atom stereocenters. The molecule has 1 amide bonds. The summed E-state index contributed by atoms with van der Waals surface area (Å²) in [6.45, 7) is 16.1. The summed E-state index contributed by atoms with van der Waals surface area (Å²) in [5.41, 5.74) is 6.28. The highest BCUT2D eigenvalue weighted by molar-refractivity contribution is 5.79. The number of amides is 1. The fraction of sp³-hybridized carbons (Fsp3) is 0.941. The van der Waals surface area contributed by atoms with Crippen LogP contribution in [0.3, 0.4) is 0 Å². The van der Waals surface area contributed by atoms with E-state index in [1.165, 1.54) is 0 Å². The molecule has 0 aromatic carbocycles. The highest BCUT2D eigenvalue weighted by atomic mass is 16.1. The smallest absolute Gasteiger partial charge is 0.223 e. The number of nitrogens with one attached hydrogen (secondary N) is 1. The van der Waals surface area contributed by atoms with Crippen LogP contribution in [0.5, 0.6) is 0 Å². The molecule has 3 heteroatoms. The van der Waals surface area contributed by atoms with Crippen molar-refractivity contribution >= 4 is 5.91 Å². The van der Waals surface area contributed by atoms with Gasteiger partial charge in [0, 0.05) is 18.5 Å². The van der Waals surface area contributed by atoms with Crippen molar-refractivity contribution in [3.63, 3.8) is 0 Å². The lowest BCUT2D eigenvalue weighted by molar-refractivity contribution is -0.133. The summed E-state index contributed by atoms with van der Waals surface area (Å²) in [6.07, 6.45) is 1.86. The van der Waals surface area contributed by atoms with E-state index in [0.717, 1.165) is 19.4 Å². The number of rotatable bonds is 4. The minimum atomic E-state index is -0.0241. The molecule has 0 heterocycles. The number of nitrogens with two attached hydrogens (primary N) is 1. The molecule has 1 aliphatic rings. The van der Waals surface area contributed by atoms with E-state index in [0.29, 0.717) is 11.8 Å². The Bertz CT molecular complexity index is 347. The van der Waals surface area contributed by atoms with Gasteiger partial charge in [-0.25, -0.2) is 0 Å². The first-order valence-electron chi connectivity index (χ1n) is 8.03. The highest BCUT2D eigenvalue weighted by Crippen LogP contribution is 2.44. The van der Waals surface area contributed by atoms with Crippen molar-refractivity contribution in [3.8, 4) is 0 Å². The van der Waals surface area contributed by atoms with Gasteiger partial charge in [0.1, 0.15) is 0 Å². The molecule has 1 fully saturated rings. The van der Waals surface area contributed by atoms with Crippen LogP contribution in [-0.4, -0.2) is 18.5 Å². The molecule has 118 valence electrons. The van der Waals surface area contributed by atoms with Crippen molar-refractivity contribution in [1.82, 2.24) is 5.32 Å². The first kappa shape index (κ1) is 17.5. The van der Waals surface area contributed by atoms with Gasteiger partial charge in [-0.05, 0) is 35.5 Å². The first-order chi connectivity index (χ1) is 9.00. The fourth-order valence-corrected chi connectivity index (χ4v) is 2.96. The molecule has 0 spiro atoms. The molecule has 1 rings (SSSR count). The van der Waals surface area contributed by atoms with E-state index in [-0.39, 0.29) is 28.7 Å². The van der Waals surface area contributed by atoms with E-state index >= 15 is 0 Å². The second-order valence-electron chi connectivity index (χ2n) is 8.26. The number of carbonyl (C=O) groups is 1. The third-order valence-corrected chi connectivity index (χ3v) is 6.10. The number of carbonyl (C=O) groups excluding carboxylic acids is 1. The fourth-order valence-electron chi connectivity index (χ4n) is 2.96. The molecular formula is C17H34N2O. The molecule has 20 heavy (non-hydrogen) atoms. The van der Waals surface area contributed by atoms with E-state index in [2.05, 4.69) is 53.8 Å². The molecule has 0 saturated heterocycles. The van der Waals surface area contributed by atoms with Crippen molar-refractivity contribution in [2.75, 3.05) is 6.54 Å². The number of hydrogen-bond acceptors (Lipinski definition) is 2. The number of hydrogen-bond donors (Lipinski definition) is 2. The van der Waals surface area contributed by atoms with Gasteiger partial charge in [0.05, 0.1) is 0 Å². The largest absolute Gasteiger partial charge is 0.355 e. The van der Waals surface area contributed by atoms with Crippen molar-refractivity contribution in [2.24, 2.45) is 34.3 Å². The van der Waals surface area contributed by atoms with Gasteiger partial charge < -0.3 is 11.1 Å². The van der Waals surface area contributed by atoms with Crippen molar-refractivity contribution < 1.29 is 4.79 Å². The Hall–Kier alpha value is -0.570. The summed E-state index contributed by atoms with van der Waals surface area (Å²) in [7, 11) is 0. The zero-order valence-corrected chi connectivity index (χ0v) is 14.4. The average molecular weight is 282 g/mol. The molecule has 0 aromatic heterocycles. The predicted octanol–water partition coefficient (Wildman–Crippen LogP) is 3.18. The van der Waals surface area contributed by atoms with Crippen LogP contribution in [0, 0.1) is 28.6 Å². The topological polar surface area (TPSA) is 55.1 Å². The molecule has 3 nitrogen and oxygen atoms in total. The summed E-state index contributed by atoms with van der Waals surface area (Å²) < 4.78 is 0. The van der Waals surface area contributed by atoms with E-state index in [1.807, 2.05) is 0 Å². The molecule has 0 aromatic rings. The minimum absolute atomic E-state index is 0.0241. The van der Waals surface area contributed by atoms with Gasteiger partial charge in [-0.15, -0.1) is 0 Å². The van der Waals surface area contributed by atoms with Gasteiger partial charge in [-0.1, -0.05) is 48.5 Å². The third-order valence-electron chi connectivity index (χ3n) is 6.10. The lowest BCUT2D eigenvalue weighted by atomic mass is 9.61. The van der Waals surface area contributed by atoms with Gasteiger partial charge >= 0.3 is 0 Å². The summed E-state index contributed by atoms with van der Waals surface area (Å²) in [4.78, 5) is 12.6. The van der Waals surface area contributed by atoms with Crippen molar-refractivity contribution in [3.05, 3.63) is 0 Å². The van der Waals surface area contributed by atoms with Crippen LogP contribution >= 0.6 is 0 Å². The Morgan fingerprint density at radius 3 is 2.40 bits per heavy atom. The van der Waals surface area contributed by atoms with E-state index < -0.39 is 0 Å². The molecule has 0 aliphatic heterocycles. The Morgan fingerprint density at radius 1 is 1.35 bits per heavy atom. The molecule has 1 aliphatic carbocycles. The predicted molar refractivity (Wildman–Crippen MR) is 85.3 cm³/mol. The Morgan fingerprint density at radius 2 is 1.90 bits per heavy atom. The van der Waals surface area contributed by atoms with Gasteiger partial charge in [0.25, 0.3) is 0 Å². The normalized spacial score (nSPS) is 30.4. The van der Waals surface area contributed by atoms with Gasteiger partial charge in [-0.3, -0.25) is 4.79 Å². The average Bonchev–Trinajstić information content (AvgIpc) is 2.33. The molecular weight excluding hydrogens is 248 g/mol. The maximum Gasteiger partial charge on any atom is 0.223 e. The van der Waals surface area contributed by atoms with E-state index in [4.69, 9.17) is 5.73 Å². The molecule has 0 radical (unpaired) electrons. The van der Waals surface area contributed by atoms with E-state index in [9.17, 15) is 4.79 Å². The Balaban J connectivity index is 2.68. The van der Waals surface area contributed by atoms with E-state index in [1.54, 1.807) is 0 Å². The van der Waals surface area contributed by atoms with Crippen LogP contribution < -0.4 is 11.1 Å². The minimum Gasteiger partial charge on any atom is -0.355 e. The third kappa shape index (κ3) is 3.55. The van der Waals surface area contributed by atoms with Gasteiger partial charge in [0.2, 0.25) is 5.91 Å². The van der Waals surface area contributed by atoms with Crippen molar-refractivity contribution in [1.29, 1.82) is 0 Å².